The summed E-state index contributed by atoms with van der Waals surface area (Å²) in [6.07, 6.45) is 7.75. The Morgan fingerprint density at radius 2 is 1.75 bits per heavy atom. The van der Waals surface area contributed by atoms with Crippen molar-refractivity contribution < 1.29 is 4.79 Å². The Bertz CT molecular complexity index is 825. The molecule has 1 aromatic heterocycles. The van der Waals surface area contributed by atoms with Gasteiger partial charge in [-0.3, -0.25) is 14.7 Å². The van der Waals surface area contributed by atoms with E-state index in [1.165, 1.54) is 35.1 Å². The molecule has 0 radical (unpaired) electrons. The summed E-state index contributed by atoms with van der Waals surface area (Å²) < 4.78 is 0. The molecule has 0 N–H and O–H groups in total. The first kappa shape index (κ1) is 19.1. The Hall–Kier alpha value is -2.20. The number of amides is 1. The van der Waals surface area contributed by atoms with Gasteiger partial charge in [0, 0.05) is 38.4 Å². The summed E-state index contributed by atoms with van der Waals surface area (Å²) in [6, 6.07) is 10.8. The number of aryl methyl sites for hydroxylation is 2. The minimum absolute atomic E-state index is 0.305. The first-order valence-electron chi connectivity index (χ1n) is 10.5. The zero-order valence-corrected chi connectivity index (χ0v) is 17.2. The number of pyridine rings is 1. The highest BCUT2D eigenvalue weighted by molar-refractivity contribution is 5.77. The second-order valence-corrected chi connectivity index (χ2v) is 8.81. The van der Waals surface area contributed by atoms with Gasteiger partial charge in [0.2, 0.25) is 5.91 Å². The summed E-state index contributed by atoms with van der Waals surface area (Å²) in [7, 11) is 0. The number of hydrogen-bond donors (Lipinski definition) is 0. The van der Waals surface area contributed by atoms with Crippen LogP contribution in [-0.2, 0) is 17.9 Å². The molecule has 4 heteroatoms. The maximum absolute atomic E-state index is 12.5. The molecular weight excluding hydrogens is 346 g/mol. The van der Waals surface area contributed by atoms with Crippen molar-refractivity contribution in [3.63, 3.8) is 0 Å². The van der Waals surface area contributed by atoms with E-state index in [9.17, 15) is 4.79 Å². The highest BCUT2D eigenvalue weighted by Crippen LogP contribution is 2.41. The van der Waals surface area contributed by atoms with Crippen molar-refractivity contribution in [2.45, 2.75) is 52.6 Å². The van der Waals surface area contributed by atoms with Crippen molar-refractivity contribution in [1.29, 1.82) is 0 Å². The minimum Gasteiger partial charge on any atom is -0.338 e. The molecule has 4 nitrogen and oxygen atoms in total. The third-order valence-electron chi connectivity index (χ3n) is 6.69. The summed E-state index contributed by atoms with van der Waals surface area (Å²) in [5, 5.41) is 0. The smallest absolute Gasteiger partial charge is 0.222 e. The highest BCUT2D eigenvalue weighted by Gasteiger charge is 2.40. The van der Waals surface area contributed by atoms with Crippen LogP contribution in [-0.4, -0.2) is 40.3 Å². The molecule has 0 bridgehead atoms. The molecule has 1 amide bonds. The largest absolute Gasteiger partial charge is 0.338 e. The molecule has 4 rings (SSSR count). The summed E-state index contributed by atoms with van der Waals surface area (Å²) >= 11 is 0. The van der Waals surface area contributed by atoms with Crippen LogP contribution in [0.4, 0.5) is 0 Å². The van der Waals surface area contributed by atoms with Gasteiger partial charge in [-0.1, -0.05) is 23.8 Å². The third kappa shape index (κ3) is 4.27. The Labute approximate surface area is 168 Å². The Morgan fingerprint density at radius 1 is 1.00 bits per heavy atom. The Balaban J connectivity index is 1.37. The summed E-state index contributed by atoms with van der Waals surface area (Å²) in [6.45, 7) is 9.31. The van der Waals surface area contributed by atoms with Gasteiger partial charge in [-0.15, -0.1) is 0 Å². The van der Waals surface area contributed by atoms with Crippen LogP contribution >= 0.6 is 0 Å². The predicted molar refractivity (Wildman–Crippen MR) is 112 cm³/mol. The molecule has 0 aliphatic carbocycles. The topological polar surface area (TPSA) is 36.4 Å². The number of hydrogen-bond acceptors (Lipinski definition) is 3. The van der Waals surface area contributed by atoms with Gasteiger partial charge in [-0.2, -0.15) is 0 Å². The zero-order chi connectivity index (χ0) is 19.6. The van der Waals surface area contributed by atoms with Crippen molar-refractivity contribution >= 4 is 5.91 Å². The molecular formula is C24H31N3O. The van der Waals surface area contributed by atoms with Gasteiger partial charge in [0.1, 0.15) is 0 Å². The van der Waals surface area contributed by atoms with Crippen LogP contribution in [0.15, 0.2) is 42.7 Å². The predicted octanol–water partition coefficient (Wildman–Crippen LogP) is 4.10. The minimum atomic E-state index is 0.305. The van der Waals surface area contributed by atoms with E-state index in [0.717, 1.165) is 39.1 Å². The first-order chi connectivity index (χ1) is 13.5. The van der Waals surface area contributed by atoms with Gasteiger partial charge in [0.05, 0.1) is 0 Å². The number of carbonyl (C=O) groups is 1. The standard InChI is InChI=1S/C24H31N3O/c1-19-3-4-20(2)22(15-19)17-26-13-9-24(10-14-26)8-5-23(28)27(18-24)16-21-6-11-25-12-7-21/h3-4,6-7,11-12,15H,5,8-10,13-14,16-18H2,1-2H3. The van der Waals surface area contributed by atoms with Crippen LogP contribution in [0.25, 0.3) is 0 Å². The van der Waals surface area contributed by atoms with Crippen LogP contribution in [0.1, 0.15) is 47.9 Å². The molecule has 1 aromatic carbocycles. The second-order valence-electron chi connectivity index (χ2n) is 8.81. The Morgan fingerprint density at radius 3 is 2.50 bits per heavy atom. The van der Waals surface area contributed by atoms with Crippen molar-refractivity contribution in [3.05, 3.63) is 65.0 Å². The quantitative estimate of drug-likeness (QED) is 0.805. The van der Waals surface area contributed by atoms with E-state index in [2.05, 4.69) is 46.8 Å². The second kappa shape index (κ2) is 8.04. The number of likely N-dealkylation sites (tertiary alicyclic amines) is 2. The molecule has 2 saturated heterocycles. The summed E-state index contributed by atoms with van der Waals surface area (Å²) in [5.74, 6) is 0.306. The van der Waals surface area contributed by atoms with Gasteiger partial charge in [0.15, 0.2) is 0 Å². The van der Waals surface area contributed by atoms with Gasteiger partial charge in [-0.05, 0) is 80.4 Å². The van der Waals surface area contributed by atoms with E-state index >= 15 is 0 Å². The van der Waals surface area contributed by atoms with E-state index < -0.39 is 0 Å². The van der Waals surface area contributed by atoms with Crippen molar-refractivity contribution in [2.24, 2.45) is 5.41 Å². The van der Waals surface area contributed by atoms with E-state index in [1.807, 2.05) is 24.5 Å². The molecule has 1 spiro atoms. The number of nitrogens with zero attached hydrogens (tertiary/aromatic N) is 3. The van der Waals surface area contributed by atoms with Crippen LogP contribution in [0.3, 0.4) is 0 Å². The van der Waals surface area contributed by atoms with Gasteiger partial charge in [0.25, 0.3) is 0 Å². The van der Waals surface area contributed by atoms with Crippen molar-refractivity contribution in [3.8, 4) is 0 Å². The zero-order valence-electron chi connectivity index (χ0n) is 17.2. The van der Waals surface area contributed by atoms with Gasteiger partial charge >= 0.3 is 0 Å². The summed E-state index contributed by atoms with van der Waals surface area (Å²) in [5.41, 5.74) is 5.66. The average molecular weight is 378 g/mol. The number of carbonyl (C=O) groups excluding carboxylic acids is 1. The fraction of sp³-hybridized carbons (Fsp3) is 0.500. The van der Waals surface area contributed by atoms with E-state index in [-0.39, 0.29) is 0 Å². The fourth-order valence-corrected chi connectivity index (χ4v) is 4.76. The third-order valence-corrected chi connectivity index (χ3v) is 6.69. The van der Waals surface area contributed by atoms with Crippen LogP contribution < -0.4 is 0 Å². The van der Waals surface area contributed by atoms with Crippen LogP contribution in [0.5, 0.6) is 0 Å². The van der Waals surface area contributed by atoms with Gasteiger partial charge in [-0.25, -0.2) is 0 Å². The van der Waals surface area contributed by atoms with Gasteiger partial charge < -0.3 is 4.90 Å². The lowest BCUT2D eigenvalue weighted by Crippen LogP contribution is -2.51. The van der Waals surface area contributed by atoms with Crippen molar-refractivity contribution in [1.82, 2.24) is 14.8 Å². The molecule has 28 heavy (non-hydrogen) atoms. The lowest BCUT2D eigenvalue weighted by Gasteiger charge is -2.47. The van der Waals surface area contributed by atoms with E-state index in [0.29, 0.717) is 17.7 Å². The monoisotopic (exact) mass is 377 g/mol. The fourth-order valence-electron chi connectivity index (χ4n) is 4.76. The SMILES string of the molecule is Cc1ccc(C)c(CN2CCC3(CCC(=O)N(Cc4ccncc4)C3)CC2)c1. The lowest BCUT2D eigenvalue weighted by atomic mass is 9.72. The molecule has 2 fully saturated rings. The van der Waals surface area contributed by atoms with Crippen LogP contribution in [0, 0.1) is 19.3 Å². The Kier molecular flexibility index (Phi) is 5.49. The molecule has 2 aliphatic heterocycles. The number of benzene rings is 1. The molecule has 0 atom stereocenters. The molecule has 3 heterocycles. The number of piperidine rings is 2. The normalized spacial score (nSPS) is 19.9. The lowest BCUT2D eigenvalue weighted by molar-refractivity contribution is -0.140. The number of rotatable bonds is 4. The molecule has 148 valence electrons. The van der Waals surface area contributed by atoms with Crippen molar-refractivity contribution in [2.75, 3.05) is 19.6 Å². The van der Waals surface area contributed by atoms with Crippen LogP contribution in [0.2, 0.25) is 0 Å². The molecule has 0 saturated carbocycles. The van der Waals surface area contributed by atoms with E-state index in [4.69, 9.17) is 0 Å². The summed E-state index contributed by atoms with van der Waals surface area (Å²) in [4.78, 5) is 21.3. The molecule has 2 aromatic rings. The highest BCUT2D eigenvalue weighted by atomic mass is 16.2. The molecule has 0 unspecified atom stereocenters. The number of aromatic nitrogens is 1. The average Bonchev–Trinajstić information content (AvgIpc) is 2.70. The maximum Gasteiger partial charge on any atom is 0.222 e. The van der Waals surface area contributed by atoms with E-state index in [1.54, 1.807) is 0 Å². The molecule has 2 aliphatic rings. The maximum atomic E-state index is 12.5. The first-order valence-corrected chi connectivity index (χ1v) is 10.5.